The van der Waals surface area contributed by atoms with Gasteiger partial charge in [-0.1, -0.05) is 93.6 Å². The zero-order valence-corrected chi connectivity index (χ0v) is 17.7. The van der Waals surface area contributed by atoms with E-state index in [9.17, 15) is 0 Å². The van der Waals surface area contributed by atoms with Gasteiger partial charge in [0.1, 0.15) is 0 Å². The van der Waals surface area contributed by atoms with Crippen LogP contribution in [0.5, 0.6) is 0 Å². The third-order valence-electron chi connectivity index (χ3n) is 4.38. The molecule has 2 aromatic rings. The Morgan fingerprint density at radius 3 is 2.07 bits per heavy atom. The molecule has 0 aliphatic heterocycles. The average Bonchev–Trinajstić information content (AvgIpc) is 3.07. The lowest BCUT2D eigenvalue weighted by Gasteiger charge is -2.07. The highest BCUT2D eigenvalue weighted by Gasteiger charge is 2.18. The van der Waals surface area contributed by atoms with Crippen molar-refractivity contribution in [1.29, 1.82) is 0 Å². The molecule has 142 valence electrons. The largest absolute Gasteiger partial charge is 0.103 e. The molecule has 0 spiro atoms. The number of hydrogen-bond donors (Lipinski definition) is 0. The van der Waals surface area contributed by atoms with E-state index in [1.165, 1.54) is 39.0 Å². The summed E-state index contributed by atoms with van der Waals surface area (Å²) < 4.78 is 0. The Balaban J connectivity index is 0.000000541. The second-order valence-corrected chi connectivity index (χ2v) is 6.25. The van der Waals surface area contributed by atoms with Crippen LogP contribution in [0, 0.1) is 6.92 Å². The summed E-state index contributed by atoms with van der Waals surface area (Å²) in [6.45, 7) is 17.7. The zero-order chi connectivity index (χ0) is 20.2. The van der Waals surface area contributed by atoms with E-state index >= 15 is 0 Å². The Hall–Kier alpha value is -2.60. The van der Waals surface area contributed by atoms with Crippen LogP contribution >= 0.6 is 0 Å². The predicted octanol–water partition coefficient (Wildman–Crippen LogP) is 8.34. The SMILES string of the molecule is C=CC1=C(/C=C\C)c2cc(-c3ccc(C)cc3)ccc2C1.C=CCC.CC. The van der Waals surface area contributed by atoms with Crippen LogP contribution in [-0.2, 0) is 6.42 Å². The number of rotatable bonds is 4. The van der Waals surface area contributed by atoms with Gasteiger partial charge in [0.15, 0.2) is 0 Å². The number of fused-ring (bicyclic) bond motifs is 1. The van der Waals surface area contributed by atoms with Gasteiger partial charge in [-0.05, 0) is 66.2 Å². The standard InChI is InChI=1S/C21H20.C4H8.C2H6/c1-4-6-20-16(5-2)13-19-12-11-18(14-21(19)20)17-9-7-15(3)8-10-17;1-3-4-2;1-2/h4-12,14H,2,13H2,1,3H3;3H,1,4H2,2H3;1-2H3/b6-4-;;. The van der Waals surface area contributed by atoms with E-state index < -0.39 is 0 Å². The summed E-state index contributed by atoms with van der Waals surface area (Å²) in [6.07, 6.45) is 10.2. The summed E-state index contributed by atoms with van der Waals surface area (Å²) in [5, 5.41) is 0. The van der Waals surface area contributed by atoms with Crippen molar-refractivity contribution in [3.63, 3.8) is 0 Å². The molecular weight excluding hydrogens is 324 g/mol. The molecule has 1 aliphatic carbocycles. The maximum Gasteiger partial charge on any atom is -0.00137 e. The highest BCUT2D eigenvalue weighted by Crippen LogP contribution is 2.36. The fourth-order valence-corrected chi connectivity index (χ4v) is 2.93. The van der Waals surface area contributed by atoms with Crippen molar-refractivity contribution in [2.24, 2.45) is 0 Å². The highest BCUT2D eigenvalue weighted by molar-refractivity contribution is 5.86. The van der Waals surface area contributed by atoms with Gasteiger partial charge in [-0.3, -0.25) is 0 Å². The maximum atomic E-state index is 3.96. The van der Waals surface area contributed by atoms with Gasteiger partial charge in [0.2, 0.25) is 0 Å². The van der Waals surface area contributed by atoms with E-state index in [4.69, 9.17) is 0 Å². The van der Waals surface area contributed by atoms with Crippen molar-refractivity contribution in [2.75, 3.05) is 0 Å². The Labute approximate surface area is 166 Å². The monoisotopic (exact) mass is 358 g/mol. The topological polar surface area (TPSA) is 0 Å². The fourth-order valence-electron chi connectivity index (χ4n) is 2.93. The Morgan fingerprint density at radius 1 is 0.963 bits per heavy atom. The Bertz CT molecular complexity index is 798. The third kappa shape index (κ3) is 5.96. The fraction of sp³-hybridized carbons (Fsp3) is 0.259. The molecule has 0 fully saturated rings. The van der Waals surface area contributed by atoms with Gasteiger partial charge in [-0.15, -0.1) is 6.58 Å². The normalized spacial score (nSPS) is 11.9. The molecule has 0 bridgehead atoms. The first-order valence-electron chi connectivity index (χ1n) is 9.94. The van der Waals surface area contributed by atoms with Crippen LogP contribution in [0.25, 0.3) is 16.7 Å². The van der Waals surface area contributed by atoms with E-state index in [1.807, 2.05) is 26.0 Å². The van der Waals surface area contributed by atoms with Crippen molar-refractivity contribution in [3.8, 4) is 11.1 Å². The lowest BCUT2D eigenvalue weighted by Crippen LogP contribution is -1.86. The molecule has 0 nitrogen and oxygen atoms in total. The van der Waals surface area contributed by atoms with Gasteiger partial charge >= 0.3 is 0 Å². The van der Waals surface area contributed by atoms with Crippen molar-refractivity contribution in [3.05, 3.63) is 102 Å². The summed E-state index contributed by atoms with van der Waals surface area (Å²) in [5.74, 6) is 0. The van der Waals surface area contributed by atoms with Crippen LogP contribution in [0.15, 0.2) is 85.5 Å². The molecular formula is C27H34. The molecule has 0 atom stereocenters. The second-order valence-electron chi connectivity index (χ2n) is 6.25. The van der Waals surface area contributed by atoms with Gasteiger partial charge in [-0.25, -0.2) is 0 Å². The molecule has 0 aromatic heterocycles. The average molecular weight is 359 g/mol. The first kappa shape index (κ1) is 22.4. The van der Waals surface area contributed by atoms with Crippen molar-refractivity contribution in [2.45, 2.75) is 47.5 Å². The van der Waals surface area contributed by atoms with Crippen LogP contribution in [0.1, 0.15) is 50.8 Å². The van der Waals surface area contributed by atoms with Crippen molar-refractivity contribution in [1.82, 2.24) is 0 Å². The van der Waals surface area contributed by atoms with E-state index in [0.29, 0.717) is 0 Å². The Kier molecular flexibility index (Phi) is 9.90. The minimum Gasteiger partial charge on any atom is -0.103 e. The maximum absolute atomic E-state index is 3.96. The molecule has 1 aliphatic rings. The first-order valence-corrected chi connectivity index (χ1v) is 9.94. The lowest BCUT2D eigenvalue weighted by molar-refractivity contribution is 1.23. The van der Waals surface area contributed by atoms with Gasteiger partial charge in [-0.2, -0.15) is 0 Å². The Morgan fingerprint density at radius 2 is 1.56 bits per heavy atom. The molecule has 0 saturated carbocycles. The summed E-state index contributed by atoms with van der Waals surface area (Å²) in [6, 6.07) is 15.5. The summed E-state index contributed by atoms with van der Waals surface area (Å²) in [5.41, 5.74) is 9.23. The van der Waals surface area contributed by atoms with Gasteiger partial charge < -0.3 is 0 Å². The number of allylic oxidation sites excluding steroid dienone is 6. The van der Waals surface area contributed by atoms with Crippen LogP contribution < -0.4 is 0 Å². The molecule has 3 rings (SSSR count). The third-order valence-corrected chi connectivity index (χ3v) is 4.38. The van der Waals surface area contributed by atoms with Gasteiger partial charge in [0.25, 0.3) is 0 Å². The quantitative estimate of drug-likeness (QED) is 0.482. The van der Waals surface area contributed by atoms with Crippen molar-refractivity contribution >= 4 is 5.57 Å². The van der Waals surface area contributed by atoms with Crippen LogP contribution in [-0.4, -0.2) is 0 Å². The van der Waals surface area contributed by atoms with Crippen LogP contribution in [0.4, 0.5) is 0 Å². The first-order chi connectivity index (χ1) is 13.1. The van der Waals surface area contributed by atoms with E-state index in [1.54, 1.807) is 0 Å². The highest BCUT2D eigenvalue weighted by atomic mass is 14.2. The summed E-state index contributed by atoms with van der Waals surface area (Å²) in [7, 11) is 0. The lowest BCUT2D eigenvalue weighted by atomic mass is 9.97. The molecule has 27 heavy (non-hydrogen) atoms. The smallest absolute Gasteiger partial charge is 0.00137 e. The second kappa shape index (κ2) is 11.9. The number of hydrogen-bond acceptors (Lipinski definition) is 0. The zero-order valence-electron chi connectivity index (χ0n) is 17.7. The molecule has 2 aromatic carbocycles. The van der Waals surface area contributed by atoms with E-state index in [-0.39, 0.29) is 0 Å². The molecule has 0 radical (unpaired) electrons. The van der Waals surface area contributed by atoms with Crippen LogP contribution in [0.3, 0.4) is 0 Å². The summed E-state index contributed by atoms with van der Waals surface area (Å²) in [4.78, 5) is 0. The number of aryl methyl sites for hydroxylation is 1. The van der Waals surface area contributed by atoms with Crippen molar-refractivity contribution < 1.29 is 0 Å². The molecule has 0 N–H and O–H groups in total. The van der Waals surface area contributed by atoms with Crippen LogP contribution in [0.2, 0.25) is 0 Å². The molecule has 0 heteroatoms. The van der Waals surface area contributed by atoms with Gasteiger partial charge in [0, 0.05) is 0 Å². The van der Waals surface area contributed by atoms with Gasteiger partial charge in [0.05, 0.1) is 0 Å². The minimum absolute atomic E-state index is 0.993. The predicted molar refractivity (Wildman–Crippen MR) is 124 cm³/mol. The molecule has 0 saturated heterocycles. The van der Waals surface area contributed by atoms with E-state index in [0.717, 1.165) is 12.8 Å². The summed E-state index contributed by atoms with van der Waals surface area (Å²) >= 11 is 0. The molecule has 0 heterocycles. The number of benzene rings is 2. The molecule has 0 amide bonds. The van der Waals surface area contributed by atoms with E-state index in [2.05, 4.69) is 88.5 Å². The molecule has 0 unspecified atom stereocenters. The minimum atomic E-state index is 0.993.